The predicted molar refractivity (Wildman–Crippen MR) is 105 cm³/mol. The van der Waals surface area contributed by atoms with Crippen LogP contribution < -0.4 is 15.7 Å². The second-order valence-corrected chi connectivity index (χ2v) is 6.76. The predicted octanol–water partition coefficient (Wildman–Crippen LogP) is 4.44. The molecule has 5 nitrogen and oxygen atoms in total. The van der Waals surface area contributed by atoms with E-state index in [1.807, 2.05) is 25.1 Å². The van der Waals surface area contributed by atoms with Crippen LogP contribution in [0.4, 0.5) is 5.69 Å². The highest BCUT2D eigenvalue weighted by molar-refractivity contribution is 9.10. The maximum absolute atomic E-state index is 12.1. The molecule has 0 unspecified atom stereocenters. The summed E-state index contributed by atoms with van der Waals surface area (Å²) in [5, 5.41) is 3.61. The van der Waals surface area contributed by atoms with Crippen molar-refractivity contribution < 1.29 is 13.9 Å². The molecule has 0 bridgehead atoms. The fraction of sp³-hybridized carbons (Fsp3) is 0.200. The standard InChI is InChI=1S/C20H18BrNO4/c1-3-13-9-14(4-6-17(13)21)22-19(23)11-25-15-5-7-18-16(10-15)12(2)8-20(24)26-18/h4-10H,3,11H2,1-2H3,(H,22,23). The molecular formula is C20H18BrNO4. The van der Waals surface area contributed by atoms with Gasteiger partial charge in [-0.2, -0.15) is 0 Å². The smallest absolute Gasteiger partial charge is 0.336 e. The van der Waals surface area contributed by atoms with Crippen LogP contribution in [0.3, 0.4) is 0 Å². The van der Waals surface area contributed by atoms with E-state index in [-0.39, 0.29) is 18.1 Å². The number of halogens is 1. The number of carbonyl (C=O) groups excluding carboxylic acids is 1. The first-order chi connectivity index (χ1) is 12.5. The number of fused-ring (bicyclic) bond motifs is 1. The van der Waals surface area contributed by atoms with Crippen LogP contribution in [-0.2, 0) is 11.2 Å². The number of nitrogens with one attached hydrogen (secondary N) is 1. The average Bonchev–Trinajstić information content (AvgIpc) is 2.61. The molecule has 1 amide bonds. The molecule has 0 saturated heterocycles. The summed E-state index contributed by atoms with van der Waals surface area (Å²) in [7, 11) is 0. The molecule has 0 saturated carbocycles. The van der Waals surface area contributed by atoms with Crippen LogP contribution in [0.1, 0.15) is 18.1 Å². The fourth-order valence-corrected chi connectivity index (χ4v) is 3.18. The molecule has 0 radical (unpaired) electrons. The van der Waals surface area contributed by atoms with Gasteiger partial charge in [0.2, 0.25) is 0 Å². The molecule has 0 aliphatic rings. The first-order valence-electron chi connectivity index (χ1n) is 8.22. The van der Waals surface area contributed by atoms with Crippen LogP contribution in [0.2, 0.25) is 0 Å². The maximum Gasteiger partial charge on any atom is 0.336 e. The van der Waals surface area contributed by atoms with E-state index in [1.54, 1.807) is 18.2 Å². The summed E-state index contributed by atoms with van der Waals surface area (Å²) in [6.07, 6.45) is 0.868. The molecule has 0 spiro atoms. The second kappa shape index (κ2) is 7.74. The van der Waals surface area contributed by atoms with Gasteiger partial charge in [0.1, 0.15) is 11.3 Å². The minimum Gasteiger partial charge on any atom is -0.484 e. The molecule has 1 N–H and O–H groups in total. The molecule has 1 heterocycles. The highest BCUT2D eigenvalue weighted by Crippen LogP contribution is 2.23. The molecule has 3 rings (SSSR count). The molecule has 0 aliphatic heterocycles. The summed E-state index contributed by atoms with van der Waals surface area (Å²) in [4.78, 5) is 23.5. The Morgan fingerprint density at radius 2 is 2.00 bits per heavy atom. The largest absolute Gasteiger partial charge is 0.484 e. The Labute approximate surface area is 159 Å². The van der Waals surface area contributed by atoms with Gasteiger partial charge in [0, 0.05) is 21.6 Å². The van der Waals surface area contributed by atoms with Crippen molar-refractivity contribution in [1.29, 1.82) is 0 Å². The van der Waals surface area contributed by atoms with Crippen molar-refractivity contribution in [3.05, 3.63) is 68.5 Å². The van der Waals surface area contributed by atoms with Crippen molar-refractivity contribution in [2.75, 3.05) is 11.9 Å². The van der Waals surface area contributed by atoms with Gasteiger partial charge in [-0.05, 0) is 60.9 Å². The van der Waals surface area contributed by atoms with Gasteiger partial charge in [-0.15, -0.1) is 0 Å². The number of hydrogen-bond acceptors (Lipinski definition) is 4. The van der Waals surface area contributed by atoms with E-state index < -0.39 is 0 Å². The zero-order valence-electron chi connectivity index (χ0n) is 14.5. The summed E-state index contributed by atoms with van der Waals surface area (Å²) < 4.78 is 11.7. The van der Waals surface area contributed by atoms with E-state index in [0.717, 1.165) is 33.1 Å². The number of benzene rings is 2. The van der Waals surface area contributed by atoms with Gasteiger partial charge in [0.25, 0.3) is 5.91 Å². The van der Waals surface area contributed by atoms with Crippen LogP contribution in [0.25, 0.3) is 11.0 Å². The van der Waals surface area contributed by atoms with Gasteiger partial charge < -0.3 is 14.5 Å². The highest BCUT2D eigenvalue weighted by atomic mass is 79.9. The van der Waals surface area contributed by atoms with Gasteiger partial charge in [0.15, 0.2) is 6.61 Å². The minimum absolute atomic E-state index is 0.112. The topological polar surface area (TPSA) is 68.5 Å². The minimum atomic E-state index is -0.385. The first kappa shape index (κ1) is 18.2. The van der Waals surface area contributed by atoms with Crippen LogP contribution in [0.15, 0.2) is 56.1 Å². The van der Waals surface area contributed by atoms with Crippen LogP contribution >= 0.6 is 15.9 Å². The normalized spacial score (nSPS) is 10.7. The molecule has 26 heavy (non-hydrogen) atoms. The summed E-state index contributed by atoms with van der Waals surface area (Å²) in [5.41, 5.74) is 2.76. The molecule has 0 aliphatic carbocycles. The van der Waals surface area contributed by atoms with E-state index in [1.165, 1.54) is 6.07 Å². The summed E-state index contributed by atoms with van der Waals surface area (Å²) in [6, 6.07) is 12.2. The Bertz CT molecular complexity index is 1030. The van der Waals surface area contributed by atoms with Gasteiger partial charge >= 0.3 is 5.63 Å². The summed E-state index contributed by atoms with van der Waals surface area (Å²) in [5.74, 6) is 0.292. The van der Waals surface area contributed by atoms with Crippen LogP contribution in [0.5, 0.6) is 5.75 Å². The van der Waals surface area contributed by atoms with Crippen molar-refractivity contribution >= 4 is 38.5 Å². The molecular weight excluding hydrogens is 398 g/mol. The number of hydrogen-bond donors (Lipinski definition) is 1. The molecule has 2 aromatic carbocycles. The van der Waals surface area contributed by atoms with Crippen molar-refractivity contribution in [2.45, 2.75) is 20.3 Å². The molecule has 0 fully saturated rings. The lowest BCUT2D eigenvalue weighted by molar-refractivity contribution is -0.118. The Hall–Kier alpha value is -2.60. The average molecular weight is 416 g/mol. The van der Waals surface area contributed by atoms with E-state index in [4.69, 9.17) is 9.15 Å². The number of anilines is 1. The van der Waals surface area contributed by atoms with Crippen LogP contribution in [0, 0.1) is 6.92 Å². The third kappa shape index (κ3) is 4.14. The van der Waals surface area contributed by atoms with Crippen molar-refractivity contribution in [1.82, 2.24) is 0 Å². The van der Waals surface area contributed by atoms with Gasteiger partial charge in [-0.25, -0.2) is 4.79 Å². The molecule has 0 atom stereocenters. The molecule has 1 aromatic heterocycles. The number of carbonyl (C=O) groups is 1. The zero-order valence-corrected chi connectivity index (χ0v) is 16.1. The van der Waals surface area contributed by atoms with Crippen molar-refractivity contribution in [3.63, 3.8) is 0 Å². The van der Waals surface area contributed by atoms with Crippen molar-refractivity contribution in [2.24, 2.45) is 0 Å². The summed E-state index contributed by atoms with van der Waals surface area (Å²) >= 11 is 3.48. The van der Waals surface area contributed by atoms with E-state index in [2.05, 4.69) is 28.2 Å². The lowest BCUT2D eigenvalue weighted by Gasteiger charge is -2.10. The maximum atomic E-state index is 12.1. The number of aryl methyl sites for hydroxylation is 2. The second-order valence-electron chi connectivity index (χ2n) is 5.90. The van der Waals surface area contributed by atoms with E-state index in [9.17, 15) is 9.59 Å². The molecule has 3 aromatic rings. The summed E-state index contributed by atoms with van der Waals surface area (Å²) in [6.45, 7) is 3.77. The number of ether oxygens (including phenoxy) is 1. The molecule has 6 heteroatoms. The number of amides is 1. The first-order valence-corrected chi connectivity index (χ1v) is 9.01. The monoisotopic (exact) mass is 415 g/mol. The lowest BCUT2D eigenvalue weighted by atomic mass is 10.1. The van der Waals surface area contributed by atoms with Gasteiger partial charge in [-0.3, -0.25) is 4.79 Å². The number of rotatable bonds is 5. The van der Waals surface area contributed by atoms with Gasteiger partial charge in [-0.1, -0.05) is 22.9 Å². The Morgan fingerprint density at radius 3 is 2.77 bits per heavy atom. The Kier molecular flexibility index (Phi) is 5.42. The Morgan fingerprint density at radius 1 is 1.19 bits per heavy atom. The van der Waals surface area contributed by atoms with E-state index >= 15 is 0 Å². The quantitative estimate of drug-likeness (QED) is 0.625. The van der Waals surface area contributed by atoms with Crippen LogP contribution in [-0.4, -0.2) is 12.5 Å². The lowest BCUT2D eigenvalue weighted by Crippen LogP contribution is -2.20. The Balaban J connectivity index is 1.68. The zero-order chi connectivity index (χ0) is 18.7. The van der Waals surface area contributed by atoms with Gasteiger partial charge in [0.05, 0.1) is 0 Å². The SMILES string of the molecule is CCc1cc(NC(=O)COc2ccc3oc(=O)cc(C)c3c2)ccc1Br. The molecule has 134 valence electrons. The van der Waals surface area contributed by atoms with Crippen molar-refractivity contribution in [3.8, 4) is 5.75 Å². The fourth-order valence-electron chi connectivity index (χ4n) is 2.66. The third-order valence-electron chi connectivity index (χ3n) is 4.00. The third-order valence-corrected chi connectivity index (χ3v) is 4.77. The van der Waals surface area contributed by atoms with E-state index in [0.29, 0.717) is 11.3 Å². The highest BCUT2D eigenvalue weighted by Gasteiger charge is 2.08.